The summed E-state index contributed by atoms with van der Waals surface area (Å²) in [5.41, 5.74) is 6.88. The molecule has 0 radical (unpaired) electrons. The van der Waals surface area contributed by atoms with Gasteiger partial charge in [-0.05, 0) is 30.7 Å². The molecule has 1 aromatic carbocycles. The molecule has 3 rings (SSSR count). The number of anilines is 2. The van der Waals surface area contributed by atoms with Crippen LogP contribution in [0, 0.1) is 0 Å². The van der Waals surface area contributed by atoms with Gasteiger partial charge in [-0.3, -0.25) is 9.10 Å². The second-order valence-corrected chi connectivity index (χ2v) is 7.26. The summed E-state index contributed by atoms with van der Waals surface area (Å²) < 4.78 is 30.4. The summed E-state index contributed by atoms with van der Waals surface area (Å²) in [7, 11) is -3.25. The van der Waals surface area contributed by atoms with E-state index in [4.69, 9.17) is 10.2 Å². The second-order valence-electron chi connectivity index (χ2n) is 5.25. The molecule has 23 heavy (non-hydrogen) atoms. The minimum Gasteiger partial charge on any atom is -0.467 e. The van der Waals surface area contributed by atoms with E-state index in [0.717, 1.165) is 0 Å². The predicted octanol–water partition coefficient (Wildman–Crippen LogP) is 1.53. The first kappa shape index (κ1) is 15.6. The zero-order chi connectivity index (χ0) is 16.4. The molecule has 2 aromatic rings. The number of nitrogens with two attached hydrogens (primary N) is 1. The molecule has 0 atom stereocenters. The number of nitrogens with one attached hydrogen (secondary N) is 1. The normalized spacial score (nSPS) is 16.5. The van der Waals surface area contributed by atoms with Crippen molar-refractivity contribution in [1.82, 2.24) is 0 Å². The van der Waals surface area contributed by atoms with Gasteiger partial charge in [-0.2, -0.15) is 0 Å². The number of furan rings is 1. The highest BCUT2D eigenvalue weighted by atomic mass is 32.2. The van der Waals surface area contributed by atoms with E-state index in [0.29, 0.717) is 35.7 Å². The maximum absolute atomic E-state index is 12.2. The van der Waals surface area contributed by atoms with Gasteiger partial charge in [0, 0.05) is 12.2 Å². The molecule has 8 heteroatoms. The van der Waals surface area contributed by atoms with E-state index in [1.807, 2.05) is 0 Å². The van der Waals surface area contributed by atoms with Crippen LogP contribution in [0.4, 0.5) is 11.4 Å². The molecule has 0 unspecified atom stereocenters. The smallest absolute Gasteiger partial charge is 0.258 e. The van der Waals surface area contributed by atoms with Crippen molar-refractivity contribution in [3.63, 3.8) is 0 Å². The van der Waals surface area contributed by atoms with Gasteiger partial charge in [0.25, 0.3) is 5.91 Å². The number of carbonyl (C=O) groups is 1. The SMILES string of the molecule is NCc1cc(C(=O)Nc2cccc(N3CCCS3(=O)=O)c2)co1. The molecule has 1 fully saturated rings. The van der Waals surface area contributed by atoms with Crippen LogP contribution in [0.1, 0.15) is 22.5 Å². The fourth-order valence-corrected chi connectivity index (χ4v) is 4.03. The molecule has 0 aliphatic carbocycles. The minimum atomic E-state index is -3.25. The Bertz CT molecular complexity index is 829. The van der Waals surface area contributed by atoms with E-state index < -0.39 is 10.0 Å². The van der Waals surface area contributed by atoms with E-state index in [2.05, 4.69) is 5.32 Å². The Kier molecular flexibility index (Phi) is 4.10. The average molecular weight is 335 g/mol. The summed E-state index contributed by atoms with van der Waals surface area (Å²) in [6, 6.07) is 8.34. The Morgan fingerprint density at radius 2 is 2.17 bits per heavy atom. The first-order chi connectivity index (χ1) is 11.0. The third-order valence-electron chi connectivity index (χ3n) is 3.61. The van der Waals surface area contributed by atoms with Crippen LogP contribution in [0.5, 0.6) is 0 Å². The van der Waals surface area contributed by atoms with Gasteiger partial charge in [0.1, 0.15) is 12.0 Å². The van der Waals surface area contributed by atoms with Crippen LogP contribution in [0.15, 0.2) is 41.0 Å². The van der Waals surface area contributed by atoms with Gasteiger partial charge in [-0.25, -0.2) is 8.42 Å². The summed E-state index contributed by atoms with van der Waals surface area (Å²) in [6.45, 7) is 0.677. The van der Waals surface area contributed by atoms with Gasteiger partial charge in [0.2, 0.25) is 10.0 Å². The lowest BCUT2D eigenvalue weighted by Crippen LogP contribution is -2.25. The second kappa shape index (κ2) is 6.05. The Labute approximate surface area is 134 Å². The molecule has 1 saturated heterocycles. The Morgan fingerprint density at radius 3 is 2.83 bits per heavy atom. The fourth-order valence-electron chi connectivity index (χ4n) is 2.48. The number of nitrogens with zero attached hydrogens (tertiary/aromatic N) is 1. The molecule has 3 N–H and O–H groups in total. The largest absolute Gasteiger partial charge is 0.467 e. The average Bonchev–Trinajstić information content (AvgIpc) is 3.13. The Balaban J connectivity index is 1.79. The molecule has 1 aromatic heterocycles. The maximum Gasteiger partial charge on any atom is 0.258 e. The summed E-state index contributed by atoms with van der Waals surface area (Å²) in [5.74, 6) is 0.336. The van der Waals surface area contributed by atoms with Crippen LogP contribution in [-0.4, -0.2) is 26.6 Å². The lowest BCUT2D eigenvalue weighted by Gasteiger charge is -2.17. The first-order valence-corrected chi connectivity index (χ1v) is 8.80. The van der Waals surface area contributed by atoms with Crippen molar-refractivity contribution in [1.29, 1.82) is 0 Å². The van der Waals surface area contributed by atoms with E-state index in [1.165, 1.54) is 10.6 Å². The summed E-state index contributed by atoms with van der Waals surface area (Å²) in [5, 5.41) is 2.73. The van der Waals surface area contributed by atoms with Gasteiger partial charge in [0.05, 0.1) is 23.5 Å². The van der Waals surface area contributed by atoms with Crippen LogP contribution in [0.25, 0.3) is 0 Å². The van der Waals surface area contributed by atoms with Crippen LogP contribution in [-0.2, 0) is 16.6 Å². The number of amides is 1. The monoisotopic (exact) mass is 335 g/mol. The molecule has 0 saturated carbocycles. The number of carbonyl (C=O) groups excluding carboxylic acids is 1. The third-order valence-corrected chi connectivity index (χ3v) is 5.48. The van der Waals surface area contributed by atoms with Crippen LogP contribution in [0.2, 0.25) is 0 Å². The van der Waals surface area contributed by atoms with Gasteiger partial charge in [-0.1, -0.05) is 6.07 Å². The third kappa shape index (κ3) is 3.22. The van der Waals surface area contributed by atoms with E-state index in [-0.39, 0.29) is 18.2 Å². The fraction of sp³-hybridized carbons (Fsp3) is 0.267. The molecule has 7 nitrogen and oxygen atoms in total. The van der Waals surface area contributed by atoms with E-state index in [9.17, 15) is 13.2 Å². The van der Waals surface area contributed by atoms with Crippen LogP contribution >= 0.6 is 0 Å². The highest BCUT2D eigenvalue weighted by molar-refractivity contribution is 7.93. The molecule has 1 aliphatic rings. The summed E-state index contributed by atoms with van der Waals surface area (Å²) in [4.78, 5) is 12.2. The number of rotatable bonds is 4. The summed E-state index contributed by atoms with van der Waals surface area (Å²) in [6.07, 6.45) is 1.95. The number of benzene rings is 1. The predicted molar refractivity (Wildman–Crippen MR) is 86.7 cm³/mol. The van der Waals surface area contributed by atoms with Gasteiger partial charge in [0.15, 0.2) is 0 Å². The van der Waals surface area contributed by atoms with Crippen molar-refractivity contribution in [3.8, 4) is 0 Å². The zero-order valence-electron chi connectivity index (χ0n) is 12.4. The quantitative estimate of drug-likeness (QED) is 0.881. The molecule has 1 amide bonds. The van der Waals surface area contributed by atoms with E-state index >= 15 is 0 Å². The van der Waals surface area contributed by atoms with Crippen molar-refractivity contribution in [2.24, 2.45) is 5.73 Å². The van der Waals surface area contributed by atoms with Crippen molar-refractivity contribution in [3.05, 3.63) is 47.9 Å². The van der Waals surface area contributed by atoms with Crippen molar-refractivity contribution < 1.29 is 17.6 Å². The molecule has 122 valence electrons. The zero-order valence-corrected chi connectivity index (χ0v) is 13.2. The standard InChI is InChI=1S/C15H17N3O4S/c16-9-14-7-11(10-22-14)15(19)17-12-3-1-4-13(8-12)18-5-2-6-23(18,20)21/h1,3-4,7-8,10H,2,5-6,9,16H2,(H,17,19). The summed E-state index contributed by atoms with van der Waals surface area (Å²) >= 11 is 0. The van der Waals surface area contributed by atoms with Crippen LogP contribution < -0.4 is 15.4 Å². The number of sulfonamides is 1. The molecule has 2 heterocycles. The van der Waals surface area contributed by atoms with Gasteiger partial charge in [-0.15, -0.1) is 0 Å². The lowest BCUT2D eigenvalue weighted by molar-refractivity contribution is 0.102. The molecule has 1 aliphatic heterocycles. The van der Waals surface area contributed by atoms with Gasteiger partial charge < -0.3 is 15.5 Å². The number of hydrogen-bond donors (Lipinski definition) is 2. The molecular formula is C15H17N3O4S. The van der Waals surface area contributed by atoms with Crippen LogP contribution in [0.3, 0.4) is 0 Å². The Morgan fingerprint density at radius 1 is 1.35 bits per heavy atom. The maximum atomic E-state index is 12.2. The van der Waals surface area contributed by atoms with E-state index in [1.54, 1.807) is 30.3 Å². The lowest BCUT2D eigenvalue weighted by atomic mass is 10.2. The molecule has 0 bridgehead atoms. The first-order valence-electron chi connectivity index (χ1n) is 7.19. The van der Waals surface area contributed by atoms with Gasteiger partial charge >= 0.3 is 0 Å². The topological polar surface area (TPSA) is 106 Å². The molecular weight excluding hydrogens is 318 g/mol. The minimum absolute atomic E-state index is 0.153. The number of hydrogen-bond acceptors (Lipinski definition) is 5. The Hall–Kier alpha value is -2.32. The molecule has 0 spiro atoms. The highest BCUT2D eigenvalue weighted by Crippen LogP contribution is 2.26. The van der Waals surface area contributed by atoms with Crippen molar-refractivity contribution >= 4 is 27.3 Å². The van der Waals surface area contributed by atoms with Crippen molar-refractivity contribution in [2.45, 2.75) is 13.0 Å². The van der Waals surface area contributed by atoms with Crippen molar-refractivity contribution in [2.75, 3.05) is 21.9 Å². The highest BCUT2D eigenvalue weighted by Gasteiger charge is 2.28.